The average Bonchev–Trinajstić information content (AvgIpc) is 2.81. The zero-order valence-electron chi connectivity index (χ0n) is 11.0. The van der Waals surface area contributed by atoms with E-state index in [9.17, 15) is 0 Å². The lowest BCUT2D eigenvalue weighted by Crippen LogP contribution is -1.99. The number of anilines is 1. The molecule has 1 aromatic carbocycles. The van der Waals surface area contributed by atoms with Gasteiger partial charge in [-0.2, -0.15) is 10.2 Å². The van der Waals surface area contributed by atoms with Crippen LogP contribution in [0.25, 0.3) is 5.57 Å². The van der Waals surface area contributed by atoms with Crippen molar-refractivity contribution >= 4 is 11.5 Å². The van der Waals surface area contributed by atoms with Gasteiger partial charge in [0, 0.05) is 12.1 Å². The van der Waals surface area contributed by atoms with Crippen LogP contribution in [-0.2, 0) is 6.54 Å². The molecule has 2 rings (SSSR count). The van der Waals surface area contributed by atoms with Crippen molar-refractivity contribution in [1.82, 2.24) is 4.98 Å². The maximum atomic E-state index is 9.00. The van der Waals surface area contributed by atoms with Gasteiger partial charge >= 0.3 is 0 Å². The molecule has 1 aromatic heterocycles. The lowest BCUT2D eigenvalue weighted by atomic mass is 10.1. The second kappa shape index (κ2) is 5.40. The largest absolute Gasteiger partial charge is 0.420 e. The molecule has 0 radical (unpaired) electrons. The van der Waals surface area contributed by atoms with E-state index in [-0.39, 0.29) is 5.69 Å². The Morgan fingerprint density at radius 2 is 2.11 bits per heavy atom. The molecule has 1 N–H and O–H groups in total. The van der Waals surface area contributed by atoms with Crippen molar-refractivity contribution < 1.29 is 4.42 Å². The summed E-state index contributed by atoms with van der Waals surface area (Å²) in [5.74, 6) is 0.782. The highest BCUT2D eigenvalue weighted by Crippen LogP contribution is 2.21. The minimum atomic E-state index is 0.255. The van der Waals surface area contributed by atoms with Gasteiger partial charge < -0.3 is 9.73 Å². The number of hydrogen-bond donors (Lipinski definition) is 1. The Morgan fingerprint density at radius 1 is 1.42 bits per heavy atom. The van der Waals surface area contributed by atoms with Gasteiger partial charge in [-0.25, -0.2) is 0 Å². The lowest BCUT2D eigenvalue weighted by molar-refractivity contribution is 0.553. The summed E-state index contributed by atoms with van der Waals surface area (Å²) in [6, 6.07) is 10.2. The van der Waals surface area contributed by atoms with Gasteiger partial charge in [0.2, 0.25) is 17.5 Å². The summed E-state index contributed by atoms with van der Waals surface area (Å²) in [5.41, 5.74) is 3.28. The monoisotopic (exact) mass is 253 g/mol. The third kappa shape index (κ3) is 3.02. The molecule has 0 saturated carbocycles. The molecule has 1 heterocycles. The normalized spacial score (nSPS) is 9.95. The first-order valence-electron chi connectivity index (χ1n) is 5.96. The van der Waals surface area contributed by atoms with Crippen LogP contribution < -0.4 is 5.32 Å². The van der Waals surface area contributed by atoms with Gasteiger partial charge in [-0.3, -0.25) is 0 Å². The van der Waals surface area contributed by atoms with Crippen molar-refractivity contribution in [2.45, 2.75) is 20.4 Å². The van der Waals surface area contributed by atoms with Crippen LogP contribution in [0.15, 0.2) is 35.3 Å². The maximum absolute atomic E-state index is 9.00. The maximum Gasteiger partial charge on any atom is 0.232 e. The van der Waals surface area contributed by atoms with Crippen LogP contribution in [0, 0.1) is 18.3 Å². The van der Waals surface area contributed by atoms with E-state index >= 15 is 0 Å². The molecule has 0 aliphatic heterocycles. The molecule has 2 aromatic rings. The zero-order valence-corrected chi connectivity index (χ0v) is 11.0. The van der Waals surface area contributed by atoms with E-state index in [0.29, 0.717) is 23.9 Å². The molecule has 4 heteroatoms. The molecule has 0 bridgehead atoms. The Bertz CT molecular complexity index is 632. The van der Waals surface area contributed by atoms with Crippen LogP contribution in [0.1, 0.15) is 29.6 Å². The SMILES string of the molecule is C=C(C)c1nc(C#N)c(NCc2ccc(C)cc2)o1. The van der Waals surface area contributed by atoms with Crippen molar-refractivity contribution in [1.29, 1.82) is 5.26 Å². The fraction of sp³-hybridized carbons (Fsp3) is 0.200. The minimum absolute atomic E-state index is 0.255. The first-order valence-corrected chi connectivity index (χ1v) is 5.96. The molecule has 19 heavy (non-hydrogen) atoms. The van der Waals surface area contributed by atoms with Gasteiger partial charge in [0.05, 0.1) is 0 Å². The fourth-order valence-electron chi connectivity index (χ4n) is 1.59. The molecule has 0 aliphatic rings. The molecular weight excluding hydrogens is 238 g/mol. The van der Waals surface area contributed by atoms with Gasteiger partial charge in [-0.1, -0.05) is 36.4 Å². The van der Waals surface area contributed by atoms with Gasteiger partial charge in [0.15, 0.2) is 0 Å². The number of nitrogens with one attached hydrogen (secondary N) is 1. The van der Waals surface area contributed by atoms with Crippen molar-refractivity contribution in [3.63, 3.8) is 0 Å². The molecular formula is C15H15N3O. The van der Waals surface area contributed by atoms with E-state index in [1.54, 1.807) is 6.92 Å². The summed E-state index contributed by atoms with van der Waals surface area (Å²) >= 11 is 0. The van der Waals surface area contributed by atoms with Gasteiger partial charge in [-0.05, 0) is 19.4 Å². The average molecular weight is 253 g/mol. The predicted molar refractivity (Wildman–Crippen MR) is 74.4 cm³/mol. The highest BCUT2D eigenvalue weighted by atomic mass is 16.4. The second-order valence-electron chi connectivity index (χ2n) is 4.43. The summed E-state index contributed by atoms with van der Waals surface area (Å²) in [6.45, 7) is 8.16. The third-order valence-electron chi connectivity index (χ3n) is 2.67. The van der Waals surface area contributed by atoms with E-state index in [1.807, 2.05) is 37.3 Å². The molecule has 4 nitrogen and oxygen atoms in total. The minimum Gasteiger partial charge on any atom is -0.420 e. The third-order valence-corrected chi connectivity index (χ3v) is 2.67. The molecule has 0 atom stereocenters. The Morgan fingerprint density at radius 3 is 2.68 bits per heavy atom. The summed E-state index contributed by atoms with van der Waals surface area (Å²) in [7, 11) is 0. The fourth-order valence-corrected chi connectivity index (χ4v) is 1.59. The standard InChI is InChI=1S/C15H15N3O/c1-10(2)14-18-13(8-16)15(19-14)17-9-12-6-4-11(3)5-7-12/h4-7,17H,1,9H2,2-3H3. The summed E-state index contributed by atoms with van der Waals surface area (Å²) < 4.78 is 5.47. The van der Waals surface area contributed by atoms with Crippen LogP contribution in [0.5, 0.6) is 0 Å². The van der Waals surface area contributed by atoms with E-state index in [4.69, 9.17) is 9.68 Å². The zero-order chi connectivity index (χ0) is 13.8. The molecule has 0 aliphatic carbocycles. The number of hydrogen-bond acceptors (Lipinski definition) is 4. The van der Waals surface area contributed by atoms with Gasteiger partial charge in [0.1, 0.15) is 6.07 Å². The number of rotatable bonds is 4. The van der Waals surface area contributed by atoms with Crippen molar-refractivity contribution in [3.8, 4) is 6.07 Å². The first-order chi connectivity index (χ1) is 9.10. The smallest absolute Gasteiger partial charge is 0.232 e. The topological polar surface area (TPSA) is 61.9 Å². The molecule has 0 fully saturated rings. The number of nitrogens with zero attached hydrogens (tertiary/aromatic N) is 2. The quantitative estimate of drug-likeness (QED) is 0.905. The lowest BCUT2D eigenvalue weighted by Gasteiger charge is -2.03. The van der Waals surface area contributed by atoms with Gasteiger partial charge in [-0.15, -0.1) is 0 Å². The van der Waals surface area contributed by atoms with Crippen molar-refractivity contribution in [2.75, 3.05) is 5.32 Å². The van der Waals surface area contributed by atoms with E-state index < -0.39 is 0 Å². The predicted octanol–water partition coefficient (Wildman–Crippen LogP) is 3.50. The van der Waals surface area contributed by atoms with Crippen LogP contribution in [0.4, 0.5) is 5.88 Å². The second-order valence-corrected chi connectivity index (χ2v) is 4.43. The number of aromatic nitrogens is 1. The molecule has 0 spiro atoms. The van der Waals surface area contributed by atoms with E-state index in [0.717, 1.165) is 5.56 Å². The Balaban J connectivity index is 2.13. The Labute approximate surface area is 112 Å². The van der Waals surface area contributed by atoms with Gasteiger partial charge in [0.25, 0.3) is 0 Å². The first kappa shape index (κ1) is 12.9. The molecule has 96 valence electrons. The van der Waals surface area contributed by atoms with Crippen molar-refractivity contribution in [3.05, 3.63) is 53.6 Å². The summed E-state index contributed by atoms with van der Waals surface area (Å²) in [6.07, 6.45) is 0. The number of benzene rings is 1. The molecule has 0 unspecified atom stereocenters. The highest BCUT2D eigenvalue weighted by Gasteiger charge is 2.12. The van der Waals surface area contributed by atoms with E-state index in [2.05, 4.69) is 16.9 Å². The van der Waals surface area contributed by atoms with Crippen LogP contribution >= 0.6 is 0 Å². The molecule has 0 saturated heterocycles. The van der Waals surface area contributed by atoms with Crippen LogP contribution in [0.3, 0.4) is 0 Å². The highest BCUT2D eigenvalue weighted by molar-refractivity contribution is 5.57. The Kier molecular flexibility index (Phi) is 3.67. The molecule has 0 amide bonds. The Hall–Kier alpha value is -2.54. The number of allylic oxidation sites excluding steroid dienone is 1. The number of nitriles is 1. The van der Waals surface area contributed by atoms with Crippen molar-refractivity contribution in [2.24, 2.45) is 0 Å². The number of oxazole rings is 1. The van der Waals surface area contributed by atoms with Crippen LogP contribution in [0.2, 0.25) is 0 Å². The number of aryl methyl sites for hydroxylation is 1. The van der Waals surface area contributed by atoms with E-state index in [1.165, 1.54) is 5.56 Å². The summed E-state index contributed by atoms with van der Waals surface area (Å²) in [4.78, 5) is 4.06. The summed E-state index contributed by atoms with van der Waals surface area (Å²) in [5, 5.41) is 12.1. The van der Waals surface area contributed by atoms with Crippen LogP contribution in [-0.4, -0.2) is 4.98 Å².